The number of rotatable bonds is 4. The van der Waals surface area contributed by atoms with Gasteiger partial charge in [-0.3, -0.25) is 0 Å². The Balaban J connectivity index is 2.25. The van der Waals surface area contributed by atoms with Gasteiger partial charge in [0.1, 0.15) is 11.4 Å². The topological polar surface area (TPSA) is 41.5 Å². The summed E-state index contributed by atoms with van der Waals surface area (Å²) in [6, 6.07) is 8.35. The van der Waals surface area contributed by atoms with Gasteiger partial charge in [-0.1, -0.05) is 25.1 Å². The number of hydrogen-bond donors (Lipinski definition) is 2. The highest BCUT2D eigenvalue weighted by atomic mass is 16.5. The molecule has 2 rings (SSSR count). The Morgan fingerprint density at radius 3 is 2.76 bits per heavy atom. The summed E-state index contributed by atoms with van der Waals surface area (Å²) >= 11 is 0. The first-order valence-corrected chi connectivity index (χ1v) is 6.23. The standard InChI is InChI=1S/C14H21NO2/c1-4-10(9-16)15-13-11-7-5-6-8-12(11)17-14(13,2)3/h5-8,10,13,15-16H,4,9H2,1-3H3. The molecule has 0 aliphatic carbocycles. The molecule has 17 heavy (non-hydrogen) atoms. The van der Waals surface area contributed by atoms with E-state index in [0.29, 0.717) is 0 Å². The van der Waals surface area contributed by atoms with Crippen molar-refractivity contribution in [3.8, 4) is 5.75 Å². The Morgan fingerprint density at radius 2 is 2.12 bits per heavy atom. The summed E-state index contributed by atoms with van der Waals surface area (Å²) in [5.41, 5.74) is 0.913. The highest BCUT2D eigenvalue weighted by Gasteiger charge is 2.41. The fourth-order valence-corrected chi connectivity index (χ4v) is 2.35. The van der Waals surface area contributed by atoms with Crippen molar-refractivity contribution in [3.63, 3.8) is 0 Å². The molecule has 1 aliphatic heterocycles. The van der Waals surface area contributed by atoms with Crippen LogP contribution in [-0.4, -0.2) is 23.4 Å². The number of ether oxygens (including phenoxy) is 1. The Bertz CT molecular complexity index is 386. The van der Waals surface area contributed by atoms with Crippen molar-refractivity contribution < 1.29 is 9.84 Å². The van der Waals surface area contributed by atoms with Gasteiger partial charge in [-0.2, -0.15) is 0 Å². The molecule has 2 N–H and O–H groups in total. The Morgan fingerprint density at radius 1 is 1.41 bits per heavy atom. The lowest BCUT2D eigenvalue weighted by Gasteiger charge is -2.30. The lowest BCUT2D eigenvalue weighted by atomic mass is 9.93. The average Bonchev–Trinajstić information content (AvgIpc) is 2.56. The van der Waals surface area contributed by atoms with Crippen LogP contribution in [0.25, 0.3) is 0 Å². The van der Waals surface area contributed by atoms with Gasteiger partial charge in [0, 0.05) is 11.6 Å². The van der Waals surface area contributed by atoms with E-state index in [1.807, 2.05) is 18.2 Å². The number of hydrogen-bond acceptors (Lipinski definition) is 3. The number of aliphatic hydroxyl groups excluding tert-OH is 1. The summed E-state index contributed by atoms with van der Waals surface area (Å²) in [7, 11) is 0. The molecule has 0 aromatic heterocycles. The van der Waals surface area contributed by atoms with Gasteiger partial charge >= 0.3 is 0 Å². The zero-order valence-electron chi connectivity index (χ0n) is 10.7. The van der Waals surface area contributed by atoms with Crippen molar-refractivity contribution in [2.75, 3.05) is 6.61 Å². The molecule has 0 amide bonds. The lowest BCUT2D eigenvalue weighted by Crippen LogP contribution is -2.44. The van der Waals surface area contributed by atoms with E-state index < -0.39 is 0 Å². The third kappa shape index (κ3) is 2.31. The molecular weight excluding hydrogens is 214 g/mol. The van der Waals surface area contributed by atoms with E-state index in [0.717, 1.165) is 12.2 Å². The molecule has 1 aromatic carbocycles. The molecule has 1 heterocycles. The maximum absolute atomic E-state index is 9.30. The smallest absolute Gasteiger partial charge is 0.125 e. The van der Waals surface area contributed by atoms with Crippen molar-refractivity contribution in [3.05, 3.63) is 29.8 Å². The lowest BCUT2D eigenvalue weighted by molar-refractivity contribution is 0.0843. The van der Waals surface area contributed by atoms with Gasteiger partial charge in [0.05, 0.1) is 12.6 Å². The zero-order chi connectivity index (χ0) is 12.5. The van der Waals surface area contributed by atoms with E-state index in [2.05, 4.69) is 32.2 Å². The summed E-state index contributed by atoms with van der Waals surface area (Å²) in [4.78, 5) is 0. The van der Waals surface area contributed by atoms with Crippen LogP contribution < -0.4 is 10.1 Å². The molecule has 94 valence electrons. The SMILES string of the molecule is CCC(CO)NC1c2ccccc2OC1(C)C. The van der Waals surface area contributed by atoms with Crippen LogP contribution in [-0.2, 0) is 0 Å². The van der Waals surface area contributed by atoms with Crippen LogP contribution in [0.3, 0.4) is 0 Å². The quantitative estimate of drug-likeness (QED) is 0.841. The van der Waals surface area contributed by atoms with Crippen LogP contribution in [0.2, 0.25) is 0 Å². The van der Waals surface area contributed by atoms with Gasteiger partial charge in [-0.05, 0) is 26.3 Å². The van der Waals surface area contributed by atoms with Crippen molar-refractivity contribution in [2.24, 2.45) is 0 Å². The van der Waals surface area contributed by atoms with E-state index in [4.69, 9.17) is 4.74 Å². The van der Waals surface area contributed by atoms with Crippen molar-refractivity contribution in [1.29, 1.82) is 0 Å². The number of benzene rings is 1. The van der Waals surface area contributed by atoms with E-state index in [-0.39, 0.29) is 24.3 Å². The molecular formula is C14H21NO2. The molecule has 1 aliphatic rings. The fraction of sp³-hybridized carbons (Fsp3) is 0.571. The van der Waals surface area contributed by atoms with Crippen molar-refractivity contribution in [1.82, 2.24) is 5.32 Å². The summed E-state index contributed by atoms with van der Waals surface area (Å²) < 4.78 is 5.95. The van der Waals surface area contributed by atoms with Gasteiger partial charge in [-0.15, -0.1) is 0 Å². The number of aliphatic hydroxyl groups is 1. The number of nitrogens with one attached hydrogen (secondary N) is 1. The Kier molecular flexibility index (Phi) is 3.40. The Hall–Kier alpha value is -1.06. The fourth-order valence-electron chi connectivity index (χ4n) is 2.35. The third-order valence-electron chi connectivity index (χ3n) is 3.41. The molecule has 1 aromatic rings. The minimum atomic E-state index is -0.272. The first-order chi connectivity index (χ1) is 8.08. The van der Waals surface area contributed by atoms with E-state index in [1.165, 1.54) is 5.56 Å². The van der Waals surface area contributed by atoms with Gasteiger partial charge in [0.2, 0.25) is 0 Å². The maximum atomic E-state index is 9.30. The second-order valence-corrected chi connectivity index (χ2v) is 5.13. The third-order valence-corrected chi connectivity index (χ3v) is 3.41. The molecule has 0 radical (unpaired) electrons. The van der Waals surface area contributed by atoms with Crippen LogP contribution in [0.15, 0.2) is 24.3 Å². The van der Waals surface area contributed by atoms with Crippen LogP contribution in [0.4, 0.5) is 0 Å². The van der Waals surface area contributed by atoms with E-state index in [1.54, 1.807) is 0 Å². The number of fused-ring (bicyclic) bond motifs is 1. The van der Waals surface area contributed by atoms with Gasteiger partial charge < -0.3 is 15.2 Å². The summed E-state index contributed by atoms with van der Waals surface area (Å²) in [5, 5.41) is 12.8. The minimum absolute atomic E-state index is 0.119. The van der Waals surface area contributed by atoms with E-state index in [9.17, 15) is 5.11 Å². The number of para-hydroxylation sites is 1. The average molecular weight is 235 g/mol. The van der Waals surface area contributed by atoms with Crippen molar-refractivity contribution >= 4 is 0 Å². The minimum Gasteiger partial charge on any atom is -0.486 e. The van der Waals surface area contributed by atoms with E-state index >= 15 is 0 Å². The zero-order valence-corrected chi connectivity index (χ0v) is 10.7. The van der Waals surface area contributed by atoms with Crippen LogP contribution in [0, 0.1) is 0 Å². The van der Waals surface area contributed by atoms with Gasteiger partial charge in [0.25, 0.3) is 0 Å². The molecule has 3 nitrogen and oxygen atoms in total. The van der Waals surface area contributed by atoms with Crippen LogP contribution in [0.1, 0.15) is 38.8 Å². The second kappa shape index (κ2) is 4.67. The van der Waals surface area contributed by atoms with Crippen LogP contribution >= 0.6 is 0 Å². The molecule has 2 unspecified atom stereocenters. The largest absolute Gasteiger partial charge is 0.486 e. The normalized spacial score (nSPS) is 22.9. The Labute approximate surface area is 103 Å². The van der Waals surface area contributed by atoms with Gasteiger partial charge in [0.15, 0.2) is 0 Å². The predicted octanol–water partition coefficient (Wildman–Crippen LogP) is 2.26. The monoisotopic (exact) mass is 235 g/mol. The molecule has 0 saturated carbocycles. The summed E-state index contributed by atoms with van der Waals surface area (Å²) in [5.74, 6) is 0.947. The molecule has 0 saturated heterocycles. The molecule has 2 atom stereocenters. The van der Waals surface area contributed by atoms with Gasteiger partial charge in [-0.25, -0.2) is 0 Å². The van der Waals surface area contributed by atoms with Crippen molar-refractivity contribution in [2.45, 2.75) is 44.9 Å². The molecule has 0 bridgehead atoms. The predicted molar refractivity (Wildman–Crippen MR) is 68.2 cm³/mol. The molecule has 0 fully saturated rings. The highest BCUT2D eigenvalue weighted by Crippen LogP contribution is 2.42. The first-order valence-electron chi connectivity index (χ1n) is 6.23. The molecule has 3 heteroatoms. The second-order valence-electron chi connectivity index (χ2n) is 5.13. The molecule has 0 spiro atoms. The maximum Gasteiger partial charge on any atom is 0.125 e. The highest BCUT2D eigenvalue weighted by molar-refractivity contribution is 5.42. The summed E-state index contributed by atoms with van der Waals surface area (Å²) in [6.07, 6.45) is 0.908. The summed E-state index contributed by atoms with van der Waals surface area (Å²) in [6.45, 7) is 6.39. The van der Waals surface area contributed by atoms with Crippen LogP contribution in [0.5, 0.6) is 5.75 Å². The first kappa shape index (κ1) is 12.4.